The molecule has 0 saturated heterocycles. The minimum absolute atomic E-state index is 0.206. The van der Waals surface area contributed by atoms with Gasteiger partial charge in [0.05, 0.1) is 11.9 Å². The summed E-state index contributed by atoms with van der Waals surface area (Å²) in [4.78, 5) is 20.3. The molecule has 0 aliphatic rings. The summed E-state index contributed by atoms with van der Waals surface area (Å²) in [5.74, 6) is -0.206. The molecule has 0 aliphatic carbocycles. The van der Waals surface area contributed by atoms with E-state index in [0.717, 1.165) is 27.0 Å². The molecule has 0 bridgehead atoms. The number of carbonyl (C=O) groups excluding carboxylic acids is 1. The molecule has 25 heavy (non-hydrogen) atoms. The SMILES string of the molecule is Cc1cc(Nc2ccc(C(=O)NCc3ccncc3)nc2)ccc1Br. The van der Waals surface area contributed by atoms with Crippen molar-refractivity contribution in [3.8, 4) is 0 Å². The van der Waals surface area contributed by atoms with E-state index in [2.05, 4.69) is 36.5 Å². The number of rotatable bonds is 5. The average Bonchev–Trinajstić information content (AvgIpc) is 2.64. The number of pyridine rings is 2. The quantitative estimate of drug-likeness (QED) is 0.677. The number of nitrogens with one attached hydrogen (secondary N) is 2. The van der Waals surface area contributed by atoms with E-state index in [1.54, 1.807) is 24.7 Å². The normalized spacial score (nSPS) is 10.3. The zero-order valence-corrected chi connectivity index (χ0v) is 15.2. The number of carbonyl (C=O) groups is 1. The molecule has 0 fully saturated rings. The number of hydrogen-bond acceptors (Lipinski definition) is 4. The molecular formula is C19H17BrN4O. The lowest BCUT2D eigenvalue weighted by Gasteiger charge is -2.09. The Labute approximate surface area is 154 Å². The topological polar surface area (TPSA) is 66.9 Å². The van der Waals surface area contributed by atoms with Gasteiger partial charge in [-0.3, -0.25) is 9.78 Å². The van der Waals surface area contributed by atoms with Crippen LogP contribution in [0.15, 0.2) is 65.5 Å². The summed E-state index contributed by atoms with van der Waals surface area (Å²) in [6, 6.07) is 13.3. The molecule has 3 rings (SSSR count). The highest BCUT2D eigenvalue weighted by Crippen LogP contribution is 2.22. The average molecular weight is 397 g/mol. The summed E-state index contributed by atoms with van der Waals surface area (Å²) in [7, 11) is 0. The van der Waals surface area contributed by atoms with Gasteiger partial charge in [0.2, 0.25) is 0 Å². The molecule has 0 spiro atoms. The fraction of sp³-hybridized carbons (Fsp3) is 0.105. The van der Waals surface area contributed by atoms with E-state index in [1.807, 2.05) is 43.3 Å². The first-order valence-electron chi connectivity index (χ1n) is 7.78. The maximum Gasteiger partial charge on any atom is 0.270 e. The molecule has 0 aliphatic heterocycles. The van der Waals surface area contributed by atoms with Crippen molar-refractivity contribution in [2.24, 2.45) is 0 Å². The Bertz CT molecular complexity index is 866. The van der Waals surface area contributed by atoms with Crippen LogP contribution in [0.5, 0.6) is 0 Å². The van der Waals surface area contributed by atoms with Crippen molar-refractivity contribution in [3.05, 3.63) is 82.3 Å². The second-order valence-corrected chi connectivity index (χ2v) is 6.41. The van der Waals surface area contributed by atoms with Gasteiger partial charge in [-0.1, -0.05) is 15.9 Å². The van der Waals surface area contributed by atoms with Gasteiger partial charge in [-0.15, -0.1) is 0 Å². The van der Waals surface area contributed by atoms with E-state index in [0.29, 0.717) is 12.2 Å². The van der Waals surface area contributed by atoms with Gasteiger partial charge in [0.15, 0.2) is 0 Å². The summed E-state index contributed by atoms with van der Waals surface area (Å²) in [6.45, 7) is 2.48. The minimum atomic E-state index is -0.206. The monoisotopic (exact) mass is 396 g/mol. The van der Waals surface area contributed by atoms with E-state index in [1.165, 1.54) is 0 Å². The van der Waals surface area contributed by atoms with Gasteiger partial charge in [-0.25, -0.2) is 4.98 Å². The molecule has 5 nitrogen and oxygen atoms in total. The third-order valence-electron chi connectivity index (χ3n) is 3.65. The molecule has 2 aromatic heterocycles. The van der Waals surface area contributed by atoms with Gasteiger partial charge in [-0.05, 0) is 60.5 Å². The molecule has 2 N–H and O–H groups in total. The number of nitrogens with zero attached hydrogens (tertiary/aromatic N) is 2. The largest absolute Gasteiger partial charge is 0.354 e. The van der Waals surface area contributed by atoms with Crippen molar-refractivity contribution in [1.29, 1.82) is 0 Å². The Kier molecular flexibility index (Phi) is 5.40. The molecule has 1 amide bonds. The van der Waals surface area contributed by atoms with Crippen LogP contribution in [0.3, 0.4) is 0 Å². The summed E-state index contributed by atoms with van der Waals surface area (Å²) in [6.07, 6.45) is 5.05. The lowest BCUT2D eigenvalue weighted by Crippen LogP contribution is -2.23. The molecule has 6 heteroatoms. The van der Waals surface area contributed by atoms with Crippen LogP contribution in [-0.4, -0.2) is 15.9 Å². The van der Waals surface area contributed by atoms with Crippen LogP contribution in [0.2, 0.25) is 0 Å². The van der Waals surface area contributed by atoms with E-state index in [-0.39, 0.29) is 5.91 Å². The van der Waals surface area contributed by atoms with Gasteiger partial charge in [0, 0.05) is 29.1 Å². The zero-order valence-electron chi connectivity index (χ0n) is 13.7. The highest BCUT2D eigenvalue weighted by atomic mass is 79.9. The number of aromatic nitrogens is 2. The number of benzene rings is 1. The van der Waals surface area contributed by atoms with Gasteiger partial charge in [0.25, 0.3) is 5.91 Å². The van der Waals surface area contributed by atoms with Crippen LogP contribution >= 0.6 is 15.9 Å². The number of anilines is 2. The van der Waals surface area contributed by atoms with Crippen molar-refractivity contribution >= 4 is 33.2 Å². The first-order valence-corrected chi connectivity index (χ1v) is 8.57. The van der Waals surface area contributed by atoms with Crippen LogP contribution in [0.4, 0.5) is 11.4 Å². The lowest BCUT2D eigenvalue weighted by molar-refractivity contribution is 0.0946. The van der Waals surface area contributed by atoms with Crippen LogP contribution in [0.25, 0.3) is 0 Å². The Morgan fingerprint density at radius 1 is 1.08 bits per heavy atom. The minimum Gasteiger partial charge on any atom is -0.354 e. The van der Waals surface area contributed by atoms with E-state index < -0.39 is 0 Å². The number of aryl methyl sites for hydroxylation is 1. The highest BCUT2D eigenvalue weighted by molar-refractivity contribution is 9.10. The Morgan fingerprint density at radius 3 is 2.52 bits per heavy atom. The van der Waals surface area contributed by atoms with Crippen molar-refractivity contribution in [3.63, 3.8) is 0 Å². The number of amides is 1. The first kappa shape index (κ1) is 17.1. The number of halogens is 1. The molecular weight excluding hydrogens is 380 g/mol. The molecule has 2 heterocycles. The van der Waals surface area contributed by atoms with Crippen LogP contribution in [0, 0.1) is 6.92 Å². The van der Waals surface area contributed by atoms with Gasteiger partial charge in [0.1, 0.15) is 5.69 Å². The number of hydrogen-bond donors (Lipinski definition) is 2. The molecule has 3 aromatic rings. The molecule has 0 saturated carbocycles. The van der Waals surface area contributed by atoms with Crippen LogP contribution < -0.4 is 10.6 Å². The molecule has 1 aromatic carbocycles. The predicted molar refractivity (Wildman–Crippen MR) is 102 cm³/mol. The first-order chi connectivity index (χ1) is 12.1. The third kappa shape index (κ3) is 4.64. The summed E-state index contributed by atoms with van der Waals surface area (Å²) in [5, 5.41) is 6.12. The van der Waals surface area contributed by atoms with Crippen molar-refractivity contribution < 1.29 is 4.79 Å². The van der Waals surface area contributed by atoms with E-state index in [9.17, 15) is 4.79 Å². The maximum absolute atomic E-state index is 12.2. The summed E-state index contributed by atoms with van der Waals surface area (Å²) in [5.41, 5.74) is 4.31. The van der Waals surface area contributed by atoms with E-state index in [4.69, 9.17) is 0 Å². The van der Waals surface area contributed by atoms with E-state index >= 15 is 0 Å². The zero-order chi connectivity index (χ0) is 17.6. The second kappa shape index (κ2) is 7.90. The molecule has 0 radical (unpaired) electrons. The molecule has 126 valence electrons. The maximum atomic E-state index is 12.2. The van der Waals surface area contributed by atoms with Gasteiger partial charge >= 0.3 is 0 Å². The molecule has 0 atom stereocenters. The van der Waals surface area contributed by atoms with Gasteiger partial charge < -0.3 is 10.6 Å². The second-order valence-electron chi connectivity index (χ2n) is 5.56. The van der Waals surface area contributed by atoms with Crippen LogP contribution in [0.1, 0.15) is 21.6 Å². The fourth-order valence-corrected chi connectivity index (χ4v) is 2.51. The third-order valence-corrected chi connectivity index (χ3v) is 4.53. The van der Waals surface area contributed by atoms with Crippen molar-refractivity contribution in [2.45, 2.75) is 13.5 Å². The highest BCUT2D eigenvalue weighted by Gasteiger charge is 2.07. The van der Waals surface area contributed by atoms with Crippen molar-refractivity contribution in [1.82, 2.24) is 15.3 Å². The van der Waals surface area contributed by atoms with Crippen molar-refractivity contribution in [2.75, 3.05) is 5.32 Å². The Hall–Kier alpha value is -2.73. The summed E-state index contributed by atoms with van der Waals surface area (Å²) < 4.78 is 1.07. The Morgan fingerprint density at radius 2 is 1.84 bits per heavy atom. The summed E-state index contributed by atoms with van der Waals surface area (Å²) >= 11 is 3.48. The molecule has 0 unspecified atom stereocenters. The van der Waals surface area contributed by atoms with Crippen LogP contribution in [-0.2, 0) is 6.54 Å². The predicted octanol–water partition coefficient (Wildman–Crippen LogP) is 4.22. The Balaban J connectivity index is 1.61. The van der Waals surface area contributed by atoms with Gasteiger partial charge in [-0.2, -0.15) is 0 Å². The fourth-order valence-electron chi connectivity index (χ4n) is 2.26. The lowest BCUT2D eigenvalue weighted by atomic mass is 10.2. The standard InChI is InChI=1S/C19H17BrN4O/c1-13-10-15(2-4-17(13)20)24-16-3-5-18(22-12-16)19(25)23-11-14-6-8-21-9-7-14/h2-10,12,24H,11H2,1H3,(H,23,25). The smallest absolute Gasteiger partial charge is 0.270 e.